The molecule has 1 aromatic carbocycles. The van der Waals surface area contributed by atoms with Gasteiger partial charge < -0.3 is 25.3 Å². The molecule has 1 saturated heterocycles. The van der Waals surface area contributed by atoms with E-state index in [-0.39, 0.29) is 32.1 Å². The van der Waals surface area contributed by atoms with Gasteiger partial charge in [-0.1, -0.05) is 29.8 Å². The molecule has 0 saturated carbocycles. The number of hydrogen-bond acceptors (Lipinski definition) is 9. The molecule has 0 aromatic heterocycles. The first-order chi connectivity index (χ1) is 16.9. The summed E-state index contributed by atoms with van der Waals surface area (Å²) in [5.74, 6) is -2.01. The average molecular weight is 531 g/mol. The molecule has 1 atom stereocenters. The second-order valence-electron chi connectivity index (χ2n) is 9.37. The van der Waals surface area contributed by atoms with Crippen LogP contribution in [0.15, 0.2) is 24.3 Å². The van der Waals surface area contributed by atoms with Gasteiger partial charge in [0.25, 0.3) is 0 Å². The van der Waals surface area contributed by atoms with Crippen LogP contribution in [-0.4, -0.2) is 141 Å². The van der Waals surface area contributed by atoms with Gasteiger partial charge in [0.15, 0.2) is 6.29 Å². The van der Waals surface area contributed by atoms with Crippen molar-refractivity contribution in [1.29, 1.82) is 0 Å². The molecule has 2 rings (SSSR count). The van der Waals surface area contributed by atoms with Crippen LogP contribution in [0, 0.1) is 6.92 Å². The number of aryl methyl sites for hydroxylation is 1. The number of hydrogen-bond donors (Lipinski definition) is 5. The van der Waals surface area contributed by atoms with Gasteiger partial charge in [0.05, 0.1) is 25.5 Å². The van der Waals surface area contributed by atoms with Gasteiger partial charge in [-0.2, -0.15) is 0 Å². The second kappa shape index (κ2) is 14.7. The van der Waals surface area contributed by atoms with E-state index in [0.717, 1.165) is 11.1 Å². The average Bonchev–Trinajstić information content (AvgIpc) is 2.76. The summed E-state index contributed by atoms with van der Waals surface area (Å²) in [5, 5.41) is 37.6. The quantitative estimate of drug-likeness (QED) is 0.193. The molecule has 0 aliphatic carbocycles. The van der Waals surface area contributed by atoms with Crippen molar-refractivity contribution in [2.24, 2.45) is 0 Å². The normalized spacial score (nSPS) is 19.9. The topological polar surface area (TPSA) is 165 Å². The van der Waals surface area contributed by atoms with Crippen molar-refractivity contribution in [2.45, 2.75) is 19.4 Å². The highest BCUT2D eigenvalue weighted by atomic mass is 31.2. The molecule has 1 aromatic rings. The van der Waals surface area contributed by atoms with Crippen molar-refractivity contribution in [1.82, 2.24) is 19.6 Å². The van der Waals surface area contributed by atoms with E-state index in [9.17, 15) is 39.5 Å². The van der Waals surface area contributed by atoms with E-state index in [1.165, 1.54) is 0 Å². The molecule has 1 fully saturated rings. The van der Waals surface area contributed by atoms with Gasteiger partial charge in [-0.15, -0.1) is 0 Å². The van der Waals surface area contributed by atoms with E-state index in [1.807, 2.05) is 36.1 Å². The number of benzene rings is 1. The monoisotopic (exact) mass is 530 g/mol. The Morgan fingerprint density at radius 1 is 0.806 bits per heavy atom. The molecule has 5 N–H and O–H groups in total. The number of β-amino-alcohol motifs (C(OH)–C–C–N with tert-alkyl or cyclic N) is 2. The molecular formula is C23H39N4O8P. The summed E-state index contributed by atoms with van der Waals surface area (Å²) in [6.45, 7) is 4.17. The minimum atomic E-state index is -3.60. The standard InChI is InChI=1S/C23H39N4O8P/c1-19-2-4-20(5-3-19)17-36(34,35)18-27-12-10-25(15-22(30)31)8-6-24(14-21(28)29)7-9-26(11-13-27)16-23(32)33/h2-5,22,30-31H,6-18H2,1H3,(H,28,29)(H,32,33)(H,34,35). The van der Waals surface area contributed by atoms with Crippen LogP contribution in [0.5, 0.6) is 0 Å². The molecule has 36 heavy (non-hydrogen) atoms. The van der Waals surface area contributed by atoms with Gasteiger partial charge in [-0.3, -0.25) is 33.8 Å². The van der Waals surface area contributed by atoms with Crippen LogP contribution in [0.25, 0.3) is 0 Å². The van der Waals surface area contributed by atoms with E-state index in [1.54, 1.807) is 14.7 Å². The van der Waals surface area contributed by atoms with E-state index < -0.39 is 25.6 Å². The van der Waals surface area contributed by atoms with Gasteiger partial charge >= 0.3 is 11.9 Å². The zero-order valence-corrected chi connectivity index (χ0v) is 21.7. The highest BCUT2D eigenvalue weighted by Gasteiger charge is 2.25. The molecule has 12 nitrogen and oxygen atoms in total. The first kappa shape index (κ1) is 30.3. The Bertz CT molecular complexity index is 885. The zero-order chi connectivity index (χ0) is 26.7. The van der Waals surface area contributed by atoms with Crippen LogP contribution in [0.2, 0.25) is 0 Å². The molecule has 1 unspecified atom stereocenters. The molecule has 13 heteroatoms. The summed E-state index contributed by atoms with van der Waals surface area (Å²) in [4.78, 5) is 40.4. The summed E-state index contributed by atoms with van der Waals surface area (Å²) < 4.78 is 13.1. The number of carboxylic acids is 2. The fourth-order valence-corrected chi connectivity index (χ4v) is 5.96. The lowest BCUT2D eigenvalue weighted by atomic mass is 10.2. The lowest BCUT2D eigenvalue weighted by Gasteiger charge is -2.34. The van der Waals surface area contributed by atoms with Crippen molar-refractivity contribution >= 4 is 19.3 Å². The van der Waals surface area contributed by atoms with Crippen molar-refractivity contribution in [2.75, 3.05) is 78.3 Å². The molecule has 0 spiro atoms. The highest BCUT2D eigenvalue weighted by molar-refractivity contribution is 7.57. The Balaban J connectivity index is 2.16. The van der Waals surface area contributed by atoms with Crippen LogP contribution < -0.4 is 0 Å². The summed E-state index contributed by atoms with van der Waals surface area (Å²) in [5.41, 5.74) is 1.82. The Hall–Kier alpha value is -1.89. The zero-order valence-electron chi connectivity index (χ0n) is 20.8. The number of rotatable bonds is 10. The van der Waals surface area contributed by atoms with Gasteiger partial charge in [0.2, 0.25) is 7.37 Å². The first-order valence-corrected chi connectivity index (χ1v) is 14.0. The maximum Gasteiger partial charge on any atom is 0.317 e. The summed E-state index contributed by atoms with van der Waals surface area (Å²) in [6, 6.07) is 7.44. The van der Waals surface area contributed by atoms with Crippen LogP contribution in [0.3, 0.4) is 0 Å². The lowest BCUT2D eigenvalue weighted by Crippen LogP contribution is -2.48. The lowest BCUT2D eigenvalue weighted by molar-refractivity contribution is -0.140. The van der Waals surface area contributed by atoms with Crippen LogP contribution in [0.4, 0.5) is 0 Å². The smallest absolute Gasteiger partial charge is 0.317 e. The number of carbonyl (C=O) groups is 2. The van der Waals surface area contributed by atoms with Gasteiger partial charge in [0, 0.05) is 58.9 Å². The first-order valence-electron chi connectivity index (χ1n) is 12.0. The van der Waals surface area contributed by atoms with E-state index in [4.69, 9.17) is 0 Å². The van der Waals surface area contributed by atoms with Gasteiger partial charge in [0.1, 0.15) is 0 Å². The van der Waals surface area contributed by atoms with E-state index in [0.29, 0.717) is 52.4 Å². The van der Waals surface area contributed by atoms with Gasteiger partial charge in [-0.05, 0) is 12.5 Å². The summed E-state index contributed by atoms with van der Waals surface area (Å²) in [6.07, 6.45) is -1.63. The number of carboxylic acid groups (broad SMARTS) is 2. The highest BCUT2D eigenvalue weighted by Crippen LogP contribution is 2.45. The Kier molecular flexibility index (Phi) is 12.4. The summed E-state index contributed by atoms with van der Waals surface area (Å²) >= 11 is 0. The number of nitrogens with zero attached hydrogens (tertiary/aromatic N) is 4. The Morgan fingerprint density at radius 2 is 1.22 bits per heavy atom. The minimum absolute atomic E-state index is 0.0197. The molecule has 1 heterocycles. The summed E-state index contributed by atoms with van der Waals surface area (Å²) in [7, 11) is -3.60. The molecule has 0 amide bonds. The Morgan fingerprint density at radius 3 is 1.64 bits per heavy atom. The van der Waals surface area contributed by atoms with Crippen molar-refractivity contribution in [3.63, 3.8) is 0 Å². The number of aliphatic hydroxyl groups excluding tert-OH is 1. The van der Waals surface area contributed by atoms with Crippen LogP contribution >= 0.6 is 7.37 Å². The molecule has 1 aliphatic rings. The maximum atomic E-state index is 13.1. The van der Waals surface area contributed by atoms with Crippen molar-refractivity contribution < 1.29 is 39.5 Å². The predicted octanol–water partition coefficient (Wildman–Crippen LogP) is -0.576. The van der Waals surface area contributed by atoms with E-state index in [2.05, 4.69) is 0 Å². The molecule has 0 radical (unpaired) electrons. The molecule has 1 aliphatic heterocycles. The fourth-order valence-electron chi connectivity index (χ4n) is 4.17. The van der Waals surface area contributed by atoms with E-state index >= 15 is 0 Å². The third-order valence-corrected chi connectivity index (χ3v) is 7.74. The number of aliphatic carboxylic acids is 2. The largest absolute Gasteiger partial charge is 0.480 e. The van der Waals surface area contributed by atoms with Crippen LogP contribution in [0.1, 0.15) is 11.1 Å². The number of aliphatic hydroxyl groups is 2. The van der Waals surface area contributed by atoms with Crippen molar-refractivity contribution in [3.05, 3.63) is 35.4 Å². The van der Waals surface area contributed by atoms with Crippen molar-refractivity contribution in [3.8, 4) is 0 Å². The van der Waals surface area contributed by atoms with Crippen LogP contribution in [-0.2, 0) is 20.3 Å². The molecule has 0 bridgehead atoms. The minimum Gasteiger partial charge on any atom is -0.480 e. The molecular weight excluding hydrogens is 491 g/mol. The fraction of sp³-hybridized carbons (Fsp3) is 0.652. The second-order valence-corrected chi connectivity index (χ2v) is 11.7. The third-order valence-electron chi connectivity index (χ3n) is 6.04. The predicted molar refractivity (Wildman–Crippen MR) is 134 cm³/mol. The SMILES string of the molecule is Cc1ccc(CP(=O)(O)CN2CCN(CC(=O)O)CCN(CC(=O)O)CCN(CC(O)O)CC2)cc1. The van der Waals surface area contributed by atoms with Gasteiger partial charge in [-0.25, -0.2) is 0 Å². The Labute approximate surface area is 211 Å². The third kappa shape index (κ3) is 12.4. The maximum absolute atomic E-state index is 13.1. The molecule has 204 valence electrons.